The second-order valence-corrected chi connectivity index (χ2v) is 6.90. The fourth-order valence-electron chi connectivity index (χ4n) is 2.98. The average Bonchev–Trinajstić information content (AvgIpc) is 3.08. The van der Waals surface area contributed by atoms with E-state index < -0.39 is 0 Å². The molecule has 1 aromatic heterocycles. The summed E-state index contributed by atoms with van der Waals surface area (Å²) < 4.78 is 18.0. The first-order valence-electron chi connectivity index (χ1n) is 9.13. The minimum absolute atomic E-state index is 0.347. The monoisotopic (exact) mass is 399 g/mol. The van der Waals surface area contributed by atoms with Gasteiger partial charge in [0, 0.05) is 5.56 Å². The number of hydrogen-bond acceptors (Lipinski definition) is 6. The average molecular weight is 400 g/mol. The second-order valence-electron chi connectivity index (χ2n) is 6.55. The lowest BCUT2D eigenvalue weighted by Crippen LogP contribution is -2.24. The highest BCUT2D eigenvalue weighted by Crippen LogP contribution is 2.31. The van der Waals surface area contributed by atoms with Gasteiger partial charge in [0.1, 0.15) is 0 Å². The SMILES string of the molecule is COc1ccc(-c2nn(CN(C)CCCc3ccccc3)c(=S)o2)cc1OC. The summed E-state index contributed by atoms with van der Waals surface area (Å²) in [6.45, 7) is 1.51. The zero-order valence-corrected chi connectivity index (χ0v) is 17.2. The van der Waals surface area contributed by atoms with Crippen LogP contribution < -0.4 is 9.47 Å². The molecule has 0 saturated heterocycles. The van der Waals surface area contributed by atoms with Crippen LogP contribution in [0.2, 0.25) is 0 Å². The van der Waals surface area contributed by atoms with Crippen molar-refractivity contribution in [1.29, 1.82) is 0 Å². The molecule has 0 atom stereocenters. The molecule has 0 aliphatic carbocycles. The van der Waals surface area contributed by atoms with Crippen LogP contribution in [0.15, 0.2) is 52.9 Å². The Labute approximate surface area is 170 Å². The Hall–Kier alpha value is -2.64. The summed E-state index contributed by atoms with van der Waals surface area (Å²) in [4.78, 5) is 2.53. The van der Waals surface area contributed by atoms with Crippen molar-refractivity contribution in [3.8, 4) is 23.0 Å². The summed E-state index contributed by atoms with van der Waals surface area (Å²) in [5.41, 5.74) is 2.14. The fraction of sp³-hybridized carbons (Fsp3) is 0.333. The number of ether oxygens (including phenoxy) is 2. The highest BCUT2D eigenvalue weighted by molar-refractivity contribution is 7.71. The predicted molar refractivity (Wildman–Crippen MR) is 111 cm³/mol. The molecular formula is C21H25N3O3S. The van der Waals surface area contributed by atoms with Gasteiger partial charge in [-0.2, -0.15) is 0 Å². The first-order valence-corrected chi connectivity index (χ1v) is 9.54. The predicted octanol–water partition coefficient (Wildman–Crippen LogP) is 4.41. The first kappa shape index (κ1) is 20.1. The topological polar surface area (TPSA) is 52.7 Å². The van der Waals surface area contributed by atoms with E-state index in [9.17, 15) is 0 Å². The van der Waals surface area contributed by atoms with E-state index >= 15 is 0 Å². The number of rotatable bonds is 9. The smallest absolute Gasteiger partial charge is 0.288 e. The summed E-state index contributed by atoms with van der Waals surface area (Å²) in [5.74, 6) is 1.74. The molecule has 1 heterocycles. The summed E-state index contributed by atoms with van der Waals surface area (Å²) in [6.07, 6.45) is 2.11. The number of methoxy groups -OCH3 is 2. The van der Waals surface area contributed by atoms with Crippen molar-refractivity contribution < 1.29 is 13.9 Å². The van der Waals surface area contributed by atoms with E-state index in [2.05, 4.69) is 41.3 Å². The van der Waals surface area contributed by atoms with Gasteiger partial charge in [0.2, 0.25) is 5.89 Å². The molecule has 2 aromatic carbocycles. The lowest BCUT2D eigenvalue weighted by Gasteiger charge is -2.15. The Morgan fingerprint density at radius 2 is 1.82 bits per heavy atom. The molecule has 0 amide bonds. The Morgan fingerprint density at radius 3 is 2.54 bits per heavy atom. The highest BCUT2D eigenvalue weighted by Gasteiger charge is 2.13. The molecule has 0 fully saturated rings. The Morgan fingerprint density at radius 1 is 1.07 bits per heavy atom. The normalized spacial score (nSPS) is 11.0. The van der Waals surface area contributed by atoms with Crippen LogP contribution in [0.3, 0.4) is 0 Å². The molecule has 3 rings (SSSR count). The number of benzene rings is 2. The molecule has 0 radical (unpaired) electrons. The number of nitrogens with zero attached hydrogens (tertiary/aromatic N) is 3. The summed E-state index contributed by atoms with van der Waals surface area (Å²) >= 11 is 5.34. The van der Waals surface area contributed by atoms with Crippen molar-refractivity contribution in [3.05, 3.63) is 58.9 Å². The van der Waals surface area contributed by atoms with E-state index in [1.165, 1.54) is 5.56 Å². The third-order valence-electron chi connectivity index (χ3n) is 4.46. The summed E-state index contributed by atoms with van der Waals surface area (Å²) in [6, 6.07) is 16.0. The minimum atomic E-state index is 0.347. The van der Waals surface area contributed by atoms with E-state index in [0.717, 1.165) is 24.9 Å². The van der Waals surface area contributed by atoms with Crippen LogP contribution in [0.1, 0.15) is 12.0 Å². The first-order chi connectivity index (χ1) is 13.6. The van der Waals surface area contributed by atoms with Gasteiger partial charge in [0.15, 0.2) is 11.5 Å². The molecular weight excluding hydrogens is 374 g/mol. The third-order valence-corrected chi connectivity index (χ3v) is 4.75. The van der Waals surface area contributed by atoms with Crippen LogP contribution in [0.4, 0.5) is 0 Å². The molecule has 28 heavy (non-hydrogen) atoms. The molecule has 0 unspecified atom stereocenters. The molecule has 0 bridgehead atoms. The largest absolute Gasteiger partial charge is 0.493 e. The quantitative estimate of drug-likeness (QED) is 0.497. The Kier molecular flexibility index (Phi) is 6.84. The highest BCUT2D eigenvalue weighted by atomic mass is 32.1. The fourth-order valence-corrected chi connectivity index (χ4v) is 3.16. The van der Waals surface area contributed by atoms with Crippen molar-refractivity contribution in [1.82, 2.24) is 14.7 Å². The summed E-state index contributed by atoms with van der Waals surface area (Å²) in [5, 5.41) is 4.52. The van der Waals surface area contributed by atoms with Gasteiger partial charge < -0.3 is 13.9 Å². The van der Waals surface area contributed by atoms with Crippen LogP contribution in [0, 0.1) is 4.84 Å². The molecule has 7 heteroatoms. The van der Waals surface area contributed by atoms with Gasteiger partial charge in [-0.05, 0) is 62.4 Å². The zero-order valence-electron chi connectivity index (χ0n) is 16.4. The van der Waals surface area contributed by atoms with Crippen molar-refractivity contribution in [2.24, 2.45) is 0 Å². The van der Waals surface area contributed by atoms with Gasteiger partial charge >= 0.3 is 0 Å². The number of aromatic nitrogens is 2. The van der Waals surface area contributed by atoms with E-state index in [1.54, 1.807) is 18.9 Å². The van der Waals surface area contributed by atoms with Crippen molar-refractivity contribution >= 4 is 12.2 Å². The van der Waals surface area contributed by atoms with Crippen LogP contribution in [-0.4, -0.2) is 42.5 Å². The molecule has 148 valence electrons. The molecule has 0 saturated carbocycles. The van der Waals surface area contributed by atoms with Gasteiger partial charge in [0.25, 0.3) is 4.84 Å². The minimum Gasteiger partial charge on any atom is -0.493 e. The third kappa shape index (κ3) is 4.99. The van der Waals surface area contributed by atoms with Crippen LogP contribution in [0.25, 0.3) is 11.5 Å². The Balaban J connectivity index is 1.63. The van der Waals surface area contributed by atoms with E-state index in [1.807, 2.05) is 24.3 Å². The van der Waals surface area contributed by atoms with E-state index in [0.29, 0.717) is 28.9 Å². The van der Waals surface area contributed by atoms with Crippen molar-refractivity contribution in [2.75, 3.05) is 27.8 Å². The zero-order chi connectivity index (χ0) is 19.9. The van der Waals surface area contributed by atoms with Gasteiger partial charge in [-0.15, -0.1) is 5.10 Å². The van der Waals surface area contributed by atoms with E-state index in [-0.39, 0.29) is 0 Å². The van der Waals surface area contributed by atoms with Crippen LogP contribution in [0.5, 0.6) is 11.5 Å². The van der Waals surface area contributed by atoms with Crippen LogP contribution in [-0.2, 0) is 13.1 Å². The van der Waals surface area contributed by atoms with Gasteiger partial charge in [-0.1, -0.05) is 30.3 Å². The Bertz CT molecular complexity index is 953. The maximum absolute atomic E-state index is 5.69. The number of hydrogen-bond donors (Lipinski definition) is 0. The van der Waals surface area contributed by atoms with Gasteiger partial charge in [-0.25, -0.2) is 4.68 Å². The molecule has 0 N–H and O–H groups in total. The van der Waals surface area contributed by atoms with Gasteiger partial charge in [-0.3, -0.25) is 4.90 Å². The van der Waals surface area contributed by atoms with E-state index in [4.69, 9.17) is 26.1 Å². The molecule has 0 spiro atoms. The number of aryl methyl sites for hydroxylation is 1. The molecule has 0 aliphatic heterocycles. The van der Waals surface area contributed by atoms with Crippen molar-refractivity contribution in [3.63, 3.8) is 0 Å². The van der Waals surface area contributed by atoms with Crippen molar-refractivity contribution in [2.45, 2.75) is 19.5 Å². The maximum Gasteiger partial charge on any atom is 0.288 e. The maximum atomic E-state index is 5.69. The molecule has 3 aromatic rings. The summed E-state index contributed by atoms with van der Waals surface area (Å²) in [7, 11) is 5.25. The lowest BCUT2D eigenvalue weighted by atomic mass is 10.1. The standard InChI is InChI=1S/C21H25N3O3S/c1-23(13-7-10-16-8-5-4-6-9-16)15-24-21(28)27-20(22-24)17-11-12-18(25-2)19(14-17)26-3/h4-6,8-9,11-12,14H,7,10,13,15H2,1-3H3. The lowest BCUT2D eigenvalue weighted by molar-refractivity contribution is 0.246. The second kappa shape index (κ2) is 9.52. The van der Waals surface area contributed by atoms with Gasteiger partial charge in [0.05, 0.1) is 20.9 Å². The molecule has 6 nitrogen and oxygen atoms in total. The molecule has 0 aliphatic rings. The van der Waals surface area contributed by atoms with Crippen LogP contribution >= 0.6 is 12.2 Å².